The Kier molecular flexibility index (Phi) is 9.33. The largest absolute Gasteiger partial charge is 0.204 e. The molecule has 0 unspecified atom stereocenters. The Morgan fingerprint density at radius 3 is 1.91 bits per heavy atom. The molecule has 4 heteroatoms. The molecule has 1 aliphatic heterocycles. The minimum absolute atomic E-state index is 0.379. The third-order valence-electron chi connectivity index (χ3n) is 8.71. The van der Waals surface area contributed by atoms with Gasteiger partial charge in [-0.15, -0.1) is 0 Å². The molecule has 0 atom stereocenters. The summed E-state index contributed by atoms with van der Waals surface area (Å²) >= 11 is 0. The summed E-state index contributed by atoms with van der Waals surface area (Å²) in [6, 6.07) is 14.9. The summed E-state index contributed by atoms with van der Waals surface area (Å²) in [6.45, 7) is 2.31. The van der Waals surface area contributed by atoms with Crippen molar-refractivity contribution in [1.29, 1.82) is 0 Å². The van der Waals surface area contributed by atoms with E-state index in [0.717, 1.165) is 29.5 Å². The highest BCUT2D eigenvalue weighted by Crippen LogP contribution is 2.40. The molecule has 186 valence electrons. The molecule has 0 bridgehead atoms. The molecule has 2 aliphatic rings. The fraction of sp³-hybridized carbons (Fsp3) is 0.600. The van der Waals surface area contributed by atoms with Crippen LogP contribution >= 0.6 is 0 Å². The van der Waals surface area contributed by atoms with E-state index in [2.05, 4.69) is 19.1 Å². The van der Waals surface area contributed by atoms with Crippen LogP contribution in [0.3, 0.4) is 0 Å². The summed E-state index contributed by atoms with van der Waals surface area (Å²) < 4.78 is 40.4. The molecule has 0 aromatic heterocycles. The van der Waals surface area contributed by atoms with E-state index >= 15 is 0 Å². The first-order valence-electron chi connectivity index (χ1n) is 13.8. The zero-order chi connectivity index (χ0) is 23.9. The van der Waals surface area contributed by atoms with Crippen LogP contribution in [0, 0.1) is 29.3 Å². The smallest absolute Gasteiger partial charge is 0.194 e. The van der Waals surface area contributed by atoms with Crippen molar-refractivity contribution in [2.24, 2.45) is 11.8 Å². The van der Waals surface area contributed by atoms with Gasteiger partial charge in [0.1, 0.15) is 0 Å². The van der Waals surface area contributed by atoms with Crippen molar-refractivity contribution in [3.8, 4) is 11.1 Å². The Bertz CT molecular complexity index is 871. The van der Waals surface area contributed by atoms with E-state index < -0.39 is 17.5 Å². The lowest BCUT2D eigenvalue weighted by molar-refractivity contribution is 0.280. The lowest BCUT2D eigenvalue weighted by Crippen LogP contribution is -2.22. The van der Waals surface area contributed by atoms with Crippen LogP contribution < -0.4 is 0 Å². The fourth-order valence-corrected chi connectivity index (χ4v) is 10.0. The van der Waals surface area contributed by atoms with Crippen molar-refractivity contribution in [3.05, 3.63) is 59.4 Å². The average Bonchev–Trinajstić information content (AvgIpc) is 2.87. The molecule has 1 heterocycles. The minimum Gasteiger partial charge on any atom is -0.204 e. The number of hydrogen-bond acceptors (Lipinski definition) is 0. The highest BCUT2D eigenvalue weighted by molar-refractivity contribution is 6.58. The lowest BCUT2D eigenvalue weighted by Gasteiger charge is -2.32. The van der Waals surface area contributed by atoms with Crippen LogP contribution in [0.1, 0.15) is 89.0 Å². The van der Waals surface area contributed by atoms with E-state index in [9.17, 15) is 13.2 Å². The summed E-state index contributed by atoms with van der Waals surface area (Å²) in [5.74, 6) is -1.22. The maximum absolute atomic E-state index is 13.6. The van der Waals surface area contributed by atoms with Crippen molar-refractivity contribution in [3.63, 3.8) is 0 Å². The SMILES string of the molecule is CCCCC[SiH]1CCC(CC[C@H]2CC[C@H](c3ccc(-c4cc(F)c(F)c(F)c4)cc3)CC2)CC1. The van der Waals surface area contributed by atoms with Gasteiger partial charge in [0.25, 0.3) is 0 Å². The molecule has 0 amide bonds. The van der Waals surface area contributed by atoms with E-state index in [0.29, 0.717) is 11.5 Å². The summed E-state index contributed by atoms with van der Waals surface area (Å²) in [5.41, 5.74) is 2.42. The van der Waals surface area contributed by atoms with Crippen molar-refractivity contribution in [1.82, 2.24) is 0 Å². The molecule has 4 rings (SSSR count). The molecule has 0 radical (unpaired) electrons. The Morgan fingerprint density at radius 1 is 0.735 bits per heavy atom. The molecule has 2 aromatic rings. The van der Waals surface area contributed by atoms with E-state index in [-0.39, 0.29) is 8.80 Å². The molecule has 1 saturated carbocycles. The number of halogens is 3. The summed E-state index contributed by atoms with van der Waals surface area (Å²) in [6.07, 6.45) is 15.3. The normalized spacial score (nSPS) is 25.4. The van der Waals surface area contributed by atoms with Crippen LogP contribution in [-0.4, -0.2) is 8.80 Å². The molecule has 0 nitrogen and oxygen atoms in total. The van der Waals surface area contributed by atoms with Crippen LogP contribution in [0.4, 0.5) is 13.2 Å². The second-order valence-corrected chi connectivity index (χ2v) is 14.5. The standard InChI is InChI=1S/C30H41F3Si/c1-2-3-4-17-34-18-15-23(16-19-34)6-5-22-7-9-24(10-8-22)25-11-13-26(14-12-25)27-20-28(31)30(33)29(32)21-27/h11-14,20-24,34H,2-10,15-19H2,1H3/t22-,23?,24-,34?. The van der Waals surface area contributed by atoms with Gasteiger partial charge in [-0.3, -0.25) is 0 Å². The summed E-state index contributed by atoms with van der Waals surface area (Å²) in [5, 5.41) is 0. The maximum atomic E-state index is 13.6. The Hall–Kier alpha value is -1.55. The minimum atomic E-state index is -1.41. The molecule has 0 spiro atoms. The van der Waals surface area contributed by atoms with Crippen LogP contribution in [0.5, 0.6) is 0 Å². The Morgan fingerprint density at radius 2 is 1.32 bits per heavy atom. The lowest BCUT2D eigenvalue weighted by atomic mass is 9.76. The van der Waals surface area contributed by atoms with Gasteiger partial charge in [-0.25, -0.2) is 13.2 Å². The monoisotopic (exact) mass is 486 g/mol. The van der Waals surface area contributed by atoms with Crippen molar-refractivity contribution in [2.75, 3.05) is 0 Å². The quantitative estimate of drug-likeness (QED) is 0.188. The highest BCUT2D eigenvalue weighted by atomic mass is 28.3. The predicted molar refractivity (Wildman–Crippen MR) is 140 cm³/mol. The molecule has 1 saturated heterocycles. The van der Waals surface area contributed by atoms with Gasteiger partial charge in [-0.2, -0.15) is 0 Å². The van der Waals surface area contributed by atoms with Crippen LogP contribution in [0.2, 0.25) is 18.1 Å². The maximum Gasteiger partial charge on any atom is 0.194 e. The number of rotatable bonds is 9. The number of unbranched alkanes of at least 4 members (excludes halogenated alkanes) is 2. The second-order valence-electron chi connectivity index (χ2n) is 11.1. The number of benzene rings is 2. The highest BCUT2D eigenvalue weighted by Gasteiger charge is 2.25. The average molecular weight is 487 g/mol. The fourth-order valence-electron chi connectivity index (χ4n) is 6.42. The van der Waals surface area contributed by atoms with Gasteiger partial charge >= 0.3 is 0 Å². The van der Waals surface area contributed by atoms with Crippen molar-refractivity contribution in [2.45, 2.75) is 102 Å². The zero-order valence-corrected chi connectivity index (χ0v) is 22.0. The first-order valence-corrected chi connectivity index (χ1v) is 16.2. The van der Waals surface area contributed by atoms with Gasteiger partial charge in [-0.1, -0.05) is 94.3 Å². The van der Waals surface area contributed by atoms with Gasteiger partial charge in [0.2, 0.25) is 0 Å². The van der Waals surface area contributed by atoms with Gasteiger partial charge in [0, 0.05) is 8.80 Å². The van der Waals surface area contributed by atoms with E-state index in [4.69, 9.17) is 0 Å². The van der Waals surface area contributed by atoms with Crippen LogP contribution in [0.15, 0.2) is 36.4 Å². The van der Waals surface area contributed by atoms with E-state index in [1.165, 1.54) is 76.2 Å². The molecule has 0 N–H and O–H groups in total. The summed E-state index contributed by atoms with van der Waals surface area (Å²) in [7, 11) is -0.384. The molecule has 2 fully saturated rings. The van der Waals surface area contributed by atoms with Gasteiger partial charge in [0.15, 0.2) is 17.5 Å². The van der Waals surface area contributed by atoms with Crippen LogP contribution in [0.25, 0.3) is 11.1 Å². The van der Waals surface area contributed by atoms with Crippen molar-refractivity contribution < 1.29 is 13.2 Å². The van der Waals surface area contributed by atoms with Gasteiger partial charge in [-0.05, 0) is 72.3 Å². The second kappa shape index (κ2) is 12.4. The third-order valence-corrected chi connectivity index (χ3v) is 12.2. The third kappa shape index (κ3) is 6.77. The van der Waals surface area contributed by atoms with Gasteiger partial charge < -0.3 is 0 Å². The van der Waals surface area contributed by atoms with E-state index in [1.54, 1.807) is 18.1 Å². The first-order chi connectivity index (χ1) is 16.5. The Labute approximate surface area is 206 Å². The van der Waals surface area contributed by atoms with E-state index in [1.807, 2.05) is 12.1 Å². The molecular formula is C30H41F3Si. The van der Waals surface area contributed by atoms with Crippen molar-refractivity contribution >= 4 is 8.80 Å². The topological polar surface area (TPSA) is 0 Å². The zero-order valence-electron chi connectivity index (χ0n) is 20.8. The van der Waals surface area contributed by atoms with Crippen LogP contribution in [-0.2, 0) is 0 Å². The molecule has 2 aromatic carbocycles. The predicted octanol–water partition coefficient (Wildman–Crippen LogP) is 9.65. The molecular weight excluding hydrogens is 445 g/mol. The molecule has 34 heavy (non-hydrogen) atoms. The molecule has 1 aliphatic carbocycles. The summed E-state index contributed by atoms with van der Waals surface area (Å²) in [4.78, 5) is 0. The number of hydrogen-bond donors (Lipinski definition) is 0. The Balaban J connectivity index is 1.19. The first kappa shape index (κ1) is 25.5. The van der Waals surface area contributed by atoms with Gasteiger partial charge in [0.05, 0.1) is 0 Å².